The molecule has 134 valence electrons. The van der Waals surface area contributed by atoms with Gasteiger partial charge in [-0.2, -0.15) is 0 Å². The molecule has 1 saturated heterocycles. The summed E-state index contributed by atoms with van der Waals surface area (Å²) in [5, 5.41) is 6.98. The van der Waals surface area contributed by atoms with E-state index in [4.69, 9.17) is 4.99 Å². The standard InChI is InChI=1S/C19H33N5/c1-4-20-19(21-13-15-23(5-2)6-3)22-17-12-14-24(16-17)18-10-8-7-9-11-18/h7-11,17H,4-6,12-16H2,1-3H3,(H2,20,21,22). The Morgan fingerprint density at radius 2 is 1.96 bits per heavy atom. The summed E-state index contributed by atoms with van der Waals surface area (Å²) < 4.78 is 0. The molecule has 1 atom stereocenters. The fourth-order valence-electron chi connectivity index (χ4n) is 3.11. The predicted octanol–water partition coefficient (Wildman–Crippen LogP) is 2.16. The van der Waals surface area contributed by atoms with E-state index in [2.05, 4.69) is 71.5 Å². The normalized spacial score (nSPS) is 18.2. The molecule has 1 aliphatic heterocycles. The Balaban J connectivity index is 1.84. The topological polar surface area (TPSA) is 42.9 Å². The molecule has 5 heteroatoms. The van der Waals surface area contributed by atoms with Gasteiger partial charge in [0.25, 0.3) is 0 Å². The van der Waals surface area contributed by atoms with Crippen molar-refractivity contribution in [1.29, 1.82) is 0 Å². The zero-order chi connectivity index (χ0) is 17.2. The highest BCUT2D eigenvalue weighted by Gasteiger charge is 2.23. The number of para-hydroxylation sites is 1. The van der Waals surface area contributed by atoms with Gasteiger partial charge < -0.3 is 20.4 Å². The van der Waals surface area contributed by atoms with Crippen LogP contribution in [0.5, 0.6) is 0 Å². The summed E-state index contributed by atoms with van der Waals surface area (Å²) in [6.45, 7) is 13.6. The molecule has 0 spiro atoms. The van der Waals surface area contributed by atoms with Crippen LogP contribution in [0.15, 0.2) is 35.3 Å². The number of benzene rings is 1. The highest BCUT2D eigenvalue weighted by atomic mass is 15.2. The first-order valence-electron chi connectivity index (χ1n) is 9.34. The zero-order valence-electron chi connectivity index (χ0n) is 15.5. The van der Waals surface area contributed by atoms with Crippen LogP contribution in [0.4, 0.5) is 5.69 Å². The van der Waals surface area contributed by atoms with Gasteiger partial charge in [-0.15, -0.1) is 0 Å². The third kappa shape index (κ3) is 5.71. The Bertz CT molecular complexity index is 484. The van der Waals surface area contributed by atoms with Crippen molar-refractivity contribution in [3.05, 3.63) is 30.3 Å². The fourth-order valence-corrected chi connectivity index (χ4v) is 3.11. The van der Waals surface area contributed by atoms with Gasteiger partial charge in [0.05, 0.1) is 6.54 Å². The zero-order valence-corrected chi connectivity index (χ0v) is 15.5. The number of aliphatic imine (C=N–C) groups is 1. The Morgan fingerprint density at radius 1 is 1.21 bits per heavy atom. The van der Waals surface area contributed by atoms with Crippen molar-refractivity contribution >= 4 is 11.6 Å². The van der Waals surface area contributed by atoms with Gasteiger partial charge in [-0.1, -0.05) is 32.0 Å². The van der Waals surface area contributed by atoms with Gasteiger partial charge >= 0.3 is 0 Å². The highest BCUT2D eigenvalue weighted by molar-refractivity contribution is 5.80. The lowest BCUT2D eigenvalue weighted by Crippen LogP contribution is -2.45. The number of hydrogen-bond acceptors (Lipinski definition) is 3. The summed E-state index contributed by atoms with van der Waals surface area (Å²) in [4.78, 5) is 9.59. The molecule has 5 nitrogen and oxygen atoms in total. The number of guanidine groups is 1. The monoisotopic (exact) mass is 331 g/mol. The summed E-state index contributed by atoms with van der Waals surface area (Å²) in [5.74, 6) is 0.949. The number of hydrogen-bond donors (Lipinski definition) is 2. The summed E-state index contributed by atoms with van der Waals surface area (Å²) >= 11 is 0. The minimum absolute atomic E-state index is 0.455. The van der Waals surface area contributed by atoms with Crippen molar-refractivity contribution in [3.63, 3.8) is 0 Å². The second-order valence-electron chi connectivity index (χ2n) is 6.20. The average Bonchev–Trinajstić information content (AvgIpc) is 3.08. The molecule has 0 radical (unpaired) electrons. The molecule has 24 heavy (non-hydrogen) atoms. The van der Waals surface area contributed by atoms with E-state index in [0.717, 1.165) is 58.2 Å². The minimum Gasteiger partial charge on any atom is -0.369 e. The molecule has 2 rings (SSSR count). The van der Waals surface area contributed by atoms with E-state index in [1.807, 2.05) is 0 Å². The molecule has 0 aromatic heterocycles. The molecule has 1 aromatic rings. The number of nitrogens with zero attached hydrogens (tertiary/aromatic N) is 3. The Hall–Kier alpha value is -1.75. The number of likely N-dealkylation sites (N-methyl/N-ethyl adjacent to an activating group) is 1. The first kappa shape index (κ1) is 18.6. The Labute approximate surface area is 147 Å². The lowest BCUT2D eigenvalue weighted by atomic mass is 10.3. The van der Waals surface area contributed by atoms with Crippen LogP contribution in [0.25, 0.3) is 0 Å². The smallest absolute Gasteiger partial charge is 0.191 e. The molecule has 0 aliphatic carbocycles. The van der Waals surface area contributed by atoms with Crippen molar-refractivity contribution in [2.45, 2.75) is 33.2 Å². The largest absolute Gasteiger partial charge is 0.369 e. The lowest BCUT2D eigenvalue weighted by Gasteiger charge is -2.21. The number of rotatable bonds is 8. The maximum atomic E-state index is 4.74. The molecule has 1 heterocycles. The molecule has 0 saturated carbocycles. The Morgan fingerprint density at radius 3 is 2.62 bits per heavy atom. The molecule has 1 fully saturated rings. The van der Waals surface area contributed by atoms with Crippen molar-refractivity contribution in [2.75, 3.05) is 50.7 Å². The lowest BCUT2D eigenvalue weighted by molar-refractivity contribution is 0.313. The van der Waals surface area contributed by atoms with Crippen LogP contribution in [0.3, 0.4) is 0 Å². The molecule has 1 aromatic carbocycles. The highest BCUT2D eigenvalue weighted by Crippen LogP contribution is 2.19. The summed E-state index contributed by atoms with van der Waals surface area (Å²) in [5.41, 5.74) is 1.31. The van der Waals surface area contributed by atoms with Gasteiger partial charge in [-0.05, 0) is 38.6 Å². The van der Waals surface area contributed by atoms with Crippen LogP contribution < -0.4 is 15.5 Å². The third-order valence-electron chi connectivity index (χ3n) is 4.58. The van der Waals surface area contributed by atoms with Crippen LogP contribution in [-0.4, -0.2) is 62.7 Å². The summed E-state index contributed by atoms with van der Waals surface area (Å²) in [6.07, 6.45) is 1.15. The molecule has 1 unspecified atom stereocenters. The average molecular weight is 332 g/mol. The maximum Gasteiger partial charge on any atom is 0.191 e. The van der Waals surface area contributed by atoms with E-state index in [0.29, 0.717) is 6.04 Å². The van der Waals surface area contributed by atoms with Crippen molar-refractivity contribution < 1.29 is 0 Å². The van der Waals surface area contributed by atoms with Crippen molar-refractivity contribution in [1.82, 2.24) is 15.5 Å². The molecule has 2 N–H and O–H groups in total. The minimum atomic E-state index is 0.455. The van der Waals surface area contributed by atoms with Crippen molar-refractivity contribution in [3.8, 4) is 0 Å². The fraction of sp³-hybridized carbons (Fsp3) is 0.632. The van der Waals surface area contributed by atoms with Crippen LogP contribution in [0.1, 0.15) is 27.2 Å². The van der Waals surface area contributed by atoms with Crippen LogP contribution in [0.2, 0.25) is 0 Å². The molecule has 1 aliphatic rings. The maximum absolute atomic E-state index is 4.74. The second kappa shape index (κ2) is 10.2. The van der Waals surface area contributed by atoms with Gasteiger partial charge in [0, 0.05) is 37.9 Å². The second-order valence-corrected chi connectivity index (χ2v) is 6.20. The predicted molar refractivity (Wildman–Crippen MR) is 104 cm³/mol. The number of anilines is 1. The summed E-state index contributed by atoms with van der Waals surface area (Å²) in [7, 11) is 0. The van der Waals surface area contributed by atoms with E-state index in [1.165, 1.54) is 5.69 Å². The van der Waals surface area contributed by atoms with Crippen LogP contribution in [-0.2, 0) is 0 Å². The van der Waals surface area contributed by atoms with E-state index in [9.17, 15) is 0 Å². The van der Waals surface area contributed by atoms with E-state index in [-0.39, 0.29) is 0 Å². The molecule has 0 amide bonds. The number of nitrogens with one attached hydrogen (secondary N) is 2. The molecular weight excluding hydrogens is 298 g/mol. The third-order valence-corrected chi connectivity index (χ3v) is 4.58. The molecule has 0 bridgehead atoms. The van der Waals surface area contributed by atoms with Crippen molar-refractivity contribution in [2.24, 2.45) is 4.99 Å². The first-order valence-corrected chi connectivity index (χ1v) is 9.34. The van der Waals surface area contributed by atoms with E-state index in [1.54, 1.807) is 0 Å². The van der Waals surface area contributed by atoms with Gasteiger partial charge in [-0.3, -0.25) is 4.99 Å². The van der Waals surface area contributed by atoms with Gasteiger partial charge in [-0.25, -0.2) is 0 Å². The van der Waals surface area contributed by atoms with Crippen LogP contribution >= 0.6 is 0 Å². The van der Waals surface area contributed by atoms with Gasteiger partial charge in [0.15, 0.2) is 5.96 Å². The van der Waals surface area contributed by atoms with E-state index < -0.39 is 0 Å². The Kier molecular flexibility index (Phi) is 7.89. The van der Waals surface area contributed by atoms with Gasteiger partial charge in [0.1, 0.15) is 0 Å². The van der Waals surface area contributed by atoms with Crippen LogP contribution in [0, 0.1) is 0 Å². The molecular formula is C19H33N5. The summed E-state index contributed by atoms with van der Waals surface area (Å²) in [6, 6.07) is 11.1. The SMILES string of the molecule is CCNC(=NCCN(CC)CC)NC1CCN(c2ccccc2)C1. The van der Waals surface area contributed by atoms with Gasteiger partial charge in [0.2, 0.25) is 0 Å². The van der Waals surface area contributed by atoms with E-state index >= 15 is 0 Å². The first-order chi connectivity index (χ1) is 11.8. The quantitative estimate of drug-likeness (QED) is 0.566.